The van der Waals surface area contributed by atoms with Crippen molar-refractivity contribution in [2.24, 2.45) is 0 Å². The zero-order valence-corrected chi connectivity index (χ0v) is 16.3. The number of nitrogens with one attached hydrogen (secondary N) is 1. The predicted octanol–water partition coefficient (Wildman–Crippen LogP) is 2.95. The van der Waals surface area contributed by atoms with Gasteiger partial charge in [-0.3, -0.25) is 9.80 Å². The molecule has 1 amide bonds. The third kappa shape index (κ3) is 4.22. The van der Waals surface area contributed by atoms with Crippen LogP contribution in [0.1, 0.15) is 23.7 Å². The van der Waals surface area contributed by atoms with Gasteiger partial charge in [-0.2, -0.15) is 0 Å². The average molecular weight is 398 g/mol. The number of hydrogen-bond acceptors (Lipinski definition) is 4. The number of hydrogen-bond donors (Lipinski definition) is 2. The van der Waals surface area contributed by atoms with Crippen LogP contribution in [0.2, 0.25) is 0 Å². The van der Waals surface area contributed by atoms with Crippen LogP contribution in [0.4, 0.5) is 0 Å². The number of amides is 1. The summed E-state index contributed by atoms with van der Waals surface area (Å²) in [5.41, 5.74) is 0.329. The van der Waals surface area contributed by atoms with Crippen molar-refractivity contribution in [2.45, 2.75) is 24.3 Å². The molecule has 0 aliphatic heterocycles. The maximum atomic E-state index is 13.0. The van der Waals surface area contributed by atoms with E-state index in [1.807, 2.05) is 24.3 Å². The molecule has 0 bridgehead atoms. The standard InChI is InChI=1S/C21H22N2O4S/c1-2-19(15-24)23(21(25)17-9-4-3-5-10-17)22-28(26,27)20-13-12-16-8-6-7-11-18(16)14-20/h3-14,19,22,24H,2,15H2,1H3. The molecule has 3 rings (SSSR count). The number of carbonyl (C=O) groups excluding carboxylic acids is 1. The highest BCUT2D eigenvalue weighted by molar-refractivity contribution is 7.89. The van der Waals surface area contributed by atoms with E-state index in [1.165, 1.54) is 6.07 Å². The molecule has 6 nitrogen and oxygen atoms in total. The van der Waals surface area contributed by atoms with Gasteiger partial charge in [0.25, 0.3) is 15.9 Å². The molecule has 0 spiro atoms. The second kappa shape index (κ2) is 8.52. The number of nitrogens with zero attached hydrogens (tertiary/aromatic N) is 1. The SMILES string of the molecule is CCC(CO)N(NS(=O)(=O)c1ccc2ccccc2c1)C(=O)c1ccccc1. The van der Waals surface area contributed by atoms with Gasteiger partial charge >= 0.3 is 0 Å². The first kappa shape index (κ1) is 20.0. The number of aliphatic hydroxyl groups is 1. The zero-order valence-electron chi connectivity index (χ0n) is 15.4. The molecule has 0 saturated carbocycles. The fraction of sp³-hybridized carbons (Fsp3) is 0.190. The van der Waals surface area contributed by atoms with E-state index in [4.69, 9.17) is 0 Å². The molecule has 28 heavy (non-hydrogen) atoms. The molecular weight excluding hydrogens is 376 g/mol. The Balaban J connectivity index is 1.97. The van der Waals surface area contributed by atoms with E-state index < -0.39 is 22.0 Å². The molecule has 2 N–H and O–H groups in total. The summed E-state index contributed by atoms with van der Waals surface area (Å²) in [6.07, 6.45) is 0.384. The van der Waals surface area contributed by atoms with Crippen LogP contribution < -0.4 is 4.83 Å². The van der Waals surface area contributed by atoms with Gasteiger partial charge in [-0.15, -0.1) is 4.83 Å². The van der Waals surface area contributed by atoms with Gasteiger partial charge in [0.05, 0.1) is 17.5 Å². The average Bonchev–Trinajstić information content (AvgIpc) is 2.73. The van der Waals surface area contributed by atoms with Gasteiger partial charge in [-0.05, 0) is 41.5 Å². The lowest BCUT2D eigenvalue weighted by atomic mass is 10.1. The van der Waals surface area contributed by atoms with Crippen molar-refractivity contribution >= 4 is 26.7 Å². The molecule has 3 aromatic rings. The highest BCUT2D eigenvalue weighted by Crippen LogP contribution is 2.20. The largest absolute Gasteiger partial charge is 0.394 e. The van der Waals surface area contributed by atoms with Gasteiger partial charge in [-0.1, -0.05) is 55.5 Å². The van der Waals surface area contributed by atoms with E-state index in [0.29, 0.717) is 12.0 Å². The van der Waals surface area contributed by atoms with E-state index in [1.54, 1.807) is 49.4 Å². The van der Waals surface area contributed by atoms with Crippen LogP contribution >= 0.6 is 0 Å². The van der Waals surface area contributed by atoms with Crippen LogP contribution in [-0.2, 0) is 10.0 Å². The molecule has 146 valence electrons. The number of aliphatic hydroxyl groups excluding tert-OH is 1. The molecule has 0 aromatic heterocycles. The summed E-state index contributed by atoms with van der Waals surface area (Å²) < 4.78 is 25.9. The Morgan fingerprint density at radius 1 is 1.00 bits per heavy atom. The molecule has 1 unspecified atom stereocenters. The first-order chi connectivity index (χ1) is 13.5. The topological polar surface area (TPSA) is 86.7 Å². The normalized spacial score (nSPS) is 12.6. The summed E-state index contributed by atoms with van der Waals surface area (Å²) in [5.74, 6) is -0.522. The number of sulfonamides is 1. The number of rotatable bonds is 7. The Labute approximate surface area is 164 Å². The molecule has 0 aliphatic rings. The second-order valence-electron chi connectivity index (χ2n) is 6.39. The number of hydrazine groups is 1. The van der Waals surface area contributed by atoms with Gasteiger partial charge in [0, 0.05) is 5.56 Å². The minimum Gasteiger partial charge on any atom is -0.394 e. The summed E-state index contributed by atoms with van der Waals surface area (Å²) in [4.78, 5) is 15.3. The van der Waals surface area contributed by atoms with Gasteiger partial charge in [0.15, 0.2) is 0 Å². The van der Waals surface area contributed by atoms with Gasteiger partial charge in [-0.25, -0.2) is 8.42 Å². The van der Waals surface area contributed by atoms with Crippen LogP contribution in [0.15, 0.2) is 77.7 Å². The molecule has 0 heterocycles. The van der Waals surface area contributed by atoms with Crippen molar-refractivity contribution in [2.75, 3.05) is 6.61 Å². The van der Waals surface area contributed by atoms with Crippen LogP contribution in [-0.4, -0.2) is 37.1 Å². The minimum absolute atomic E-state index is 0.0462. The molecular formula is C21H22N2O4S. The molecule has 0 saturated heterocycles. The molecule has 3 aromatic carbocycles. The van der Waals surface area contributed by atoms with E-state index in [2.05, 4.69) is 4.83 Å². The first-order valence-electron chi connectivity index (χ1n) is 8.97. The van der Waals surface area contributed by atoms with Crippen molar-refractivity contribution in [1.82, 2.24) is 9.84 Å². The number of benzene rings is 3. The highest BCUT2D eigenvalue weighted by atomic mass is 32.2. The summed E-state index contributed by atoms with van der Waals surface area (Å²) >= 11 is 0. The summed E-state index contributed by atoms with van der Waals surface area (Å²) in [7, 11) is -4.03. The van der Waals surface area contributed by atoms with Crippen molar-refractivity contribution in [3.63, 3.8) is 0 Å². The van der Waals surface area contributed by atoms with Crippen LogP contribution in [0.3, 0.4) is 0 Å². The van der Waals surface area contributed by atoms with Gasteiger partial charge in [0.1, 0.15) is 0 Å². The fourth-order valence-corrected chi connectivity index (χ4v) is 4.04. The van der Waals surface area contributed by atoms with Crippen molar-refractivity contribution in [3.8, 4) is 0 Å². The van der Waals surface area contributed by atoms with E-state index >= 15 is 0 Å². The first-order valence-corrected chi connectivity index (χ1v) is 10.5. The van der Waals surface area contributed by atoms with Crippen LogP contribution in [0, 0.1) is 0 Å². The Bertz CT molecular complexity index is 1060. The Hall–Kier alpha value is -2.74. The number of carbonyl (C=O) groups is 1. The molecule has 0 fully saturated rings. The number of fused-ring (bicyclic) bond motifs is 1. The quantitative estimate of drug-likeness (QED) is 0.599. The monoisotopic (exact) mass is 398 g/mol. The Kier molecular flexibility index (Phi) is 6.08. The summed E-state index contributed by atoms with van der Waals surface area (Å²) in [6, 6.07) is 19.9. The molecule has 7 heteroatoms. The van der Waals surface area contributed by atoms with E-state index in [9.17, 15) is 18.3 Å². The molecule has 1 atom stereocenters. The van der Waals surface area contributed by atoms with Crippen LogP contribution in [0.5, 0.6) is 0 Å². The third-order valence-corrected chi connectivity index (χ3v) is 5.85. The van der Waals surface area contributed by atoms with E-state index in [0.717, 1.165) is 15.8 Å². The highest BCUT2D eigenvalue weighted by Gasteiger charge is 2.28. The lowest BCUT2D eigenvalue weighted by Gasteiger charge is -2.30. The van der Waals surface area contributed by atoms with Gasteiger partial charge < -0.3 is 5.11 Å². The zero-order chi connectivity index (χ0) is 20.1. The van der Waals surface area contributed by atoms with Gasteiger partial charge in [0.2, 0.25) is 0 Å². The lowest BCUT2D eigenvalue weighted by Crippen LogP contribution is -2.53. The van der Waals surface area contributed by atoms with Crippen molar-refractivity contribution in [1.29, 1.82) is 0 Å². The summed E-state index contributed by atoms with van der Waals surface area (Å²) in [6.45, 7) is 1.41. The maximum Gasteiger partial charge on any atom is 0.269 e. The summed E-state index contributed by atoms with van der Waals surface area (Å²) in [5, 5.41) is 12.4. The predicted molar refractivity (Wildman–Crippen MR) is 108 cm³/mol. The molecule has 0 aliphatic carbocycles. The fourth-order valence-electron chi connectivity index (χ4n) is 2.91. The lowest BCUT2D eigenvalue weighted by molar-refractivity contribution is 0.0520. The van der Waals surface area contributed by atoms with Crippen LogP contribution in [0.25, 0.3) is 10.8 Å². The minimum atomic E-state index is -4.03. The van der Waals surface area contributed by atoms with Crippen molar-refractivity contribution in [3.05, 3.63) is 78.4 Å². The Morgan fingerprint density at radius 2 is 1.64 bits per heavy atom. The smallest absolute Gasteiger partial charge is 0.269 e. The third-order valence-electron chi connectivity index (χ3n) is 4.54. The molecule has 0 radical (unpaired) electrons. The van der Waals surface area contributed by atoms with E-state index in [-0.39, 0.29) is 11.5 Å². The second-order valence-corrected chi connectivity index (χ2v) is 8.05. The Morgan fingerprint density at radius 3 is 2.29 bits per heavy atom. The van der Waals surface area contributed by atoms with Crippen molar-refractivity contribution < 1.29 is 18.3 Å². The maximum absolute atomic E-state index is 13.0.